The van der Waals surface area contributed by atoms with Crippen molar-refractivity contribution in [2.45, 2.75) is 38.5 Å². The third kappa shape index (κ3) is 4.69. The van der Waals surface area contributed by atoms with Gasteiger partial charge in [0.25, 0.3) is 0 Å². The van der Waals surface area contributed by atoms with Crippen molar-refractivity contribution in [2.24, 2.45) is 0 Å². The molecule has 1 aliphatic heterocycles. The van der Waals surface area contributed by atoms with E-state index in [9.17, 15) is 0 Å². The summed E-state index contributed by atoms with van der Waals surface area (Å²) in [6.07, 6.45) is 0. The minimum absolute atomic E-state index is 0.148. The van der Waals surface area contributed by atoms with Crippen LogP contribution in [0.5, 0.6) is 11.5 Å². The summed E-state index contributed by atoms with van der Waals surface area (Å²) in [5, 5.41) is 0. The monoisotopic (exact) mass is 719 g/mol. The van der Waals surface area contributed by atoms with E-state index < -0.39 is 0 Å². The number of anilines is 3. The van der Waals surface area contributed by atoms with Crippen LogP contribution in [0.4, 0.5) is 17.1 Å². The van der Waals surface area contributed by atoms with Gasteiger partial charge in [-0.2, -0.15) is 0 Å². The zero-order valence-electron chi connectivity index (χ0n) is 32.1. The van der Waals surface area contributed by atoms with Gasteiger partial charge in [0.1, 0.15) is 5.75 Å². The van der Waals surface area contributed by atoms with Gasteiger partial charge < -0.3 is 9.64 Å². The Hall–Kier alpha value is -6.64. The third-order valence-corrected chi connectivity index (χ3v) is 12.7. The van der Waals surface area contributed by atoms with E-state index in [0.717, 1.165) is 56.4 Å². The van der Waals surface area contributed by atoms with Gasteiger partial charge in [-0.05, 0) is 109 Å². The normalized spacial score (nSPS) is 14.5. The first-order valence-corrected chi connectivity index (χ1v) is 19.7. The highest BCUT2D eigenvalue weighted by Gasteiger charge is 2.38. The Morgan fingerprint density at radius 3 is 1.45 bits per heavy atom. The Morgan fingerprint density at radius 1 is 0.357 bits per heavy atom. The van der Waals surface area contributed by atoms with Crippen LogP contribution >= 0.6 is 0 Å². The second-order valence-corrected chi connectivity index (χ2v) is 16.5. The molecule has 0 unspecified atom stereocenters. The summed E-state index contributed by atoms with van der Waals surface area (Å²) in [5.41, 5.74) is 20.3. The number of nitrogens with zero attached hydrogens (tertiary/aromatic N) is 1. The number of benzene rings is 8. The predicted octanol–water partition coefficient (Wildman–Crippen LogP) is 14.9. The number of ether oxygens (including phenoxy) is 1. The molecule has 8 aromatic rings. The highest BCUT2D eigenvalue weighted by molar-refractivity contribution is 5.97. The minimum Gasteiger partial charge on any atom is -0.454 e. The topological polar surface area (TPSA) is 12.5 Å². The van der Waals surface area contributed by atoms with E-state index in [1.807, 2.05) is 0 Å². The molecule has 2 nitrogen and oxygen atoms in total. The molecular weight excluding hydrogens is 679 g/mol. The summed E-state index contributed by atoms with van der Waals surface area (Å²) in [6.45, 7) is 9.43. The number of hydrogen-bond acceptors (Lipinski definition) is 2. The molecule has 2 heteroatoms. The summed E-state index contributed by atoms with van der Waals surface area (Å²) in [6, 6.07) is 64.4. The highest BCUT2D eigenvalue weighted by atomic mass is 16.5. The molecule has 268 valence electrons. The Morgan fingerprint density at radius 2 is 0.839 bits per heavy atom. The van der Waals surface area contributed by atoms with Crippen molar-refractivity contribution in [3.63, 3.8) is 0 Å². The van der Waals surface area contributed by atoms with Crippen molar-refractivity contribution in [3.8, 4) is 67.1 Å². The van der Waals surface area contributed by atoms with Crippen LogP contribution in [0.3, 0.4) is 0 Å². The summed E-state index contributed by atoms with van der Waals surface area (Å²) in [5.74, 6) is 1.69. The fourth-order valence-electron chi connectivity index (χ4n) is 9.81. The van der Waals surface area contributed by atoms with Gasteiger partial charge in [-0.15, -0.1) is 0 Å². The number of fused-ring (bicyclic) bond motifs is 11. The Labute approximate surface area is 329 Å². The van der Waals surface area contributed by atoms with E-state index in [4.69, 9.17) is 4.74 Å². The first-order valence-electron chi connectivity index (χ1n) is 19.7. The van der Waals surface area contributed by atoms with E-state index in [1.165, 1.54) is 50.1 Å². The predicted molar refractivity (Wildman–Crippen MR) is 233 cm³/mol. The molecule has 0 N–H and O–H groups in total. The first-order chi connectivity index (χ1) is 27.3. The van der Waals surface area contributed by atoms with Gasteiger partial charge in [0, 0.05) is 33.3 Å². The first kappa shape index (κ1) is 32.8. The van der Waals surface area contributed by atoms with Crippen LogP contribution in [0.25, 0.3) is 55.6 Å². The molecule has 0 amide bonds. The van der Waals surface area contributed by atoms with E-state index >= 15 is 0 Å². The number of para-hydroxylation sites is 1. The lowest BCUT2D eigenvalue weighted by molar-refractivity contribution is 0.489. The lowest BCUT2D eigenvalue weighted by atomic mass is 9.82. The summed E-state index contributed by atoms with van der Waals surface area (Å²) < 4.78 is 7.33. The van der Waals surface area contributed by atoms with Gasteiger partial charge in [0.2, 0.25) is 0 Å². The number of rotatable bonds is 4. The third-order valence-electron chi connectivity index (χ3n) is 12.7. The molecule has 11 rings (SSSR count). The van der Waals surface area contributed by atoms with Crippen molar-refractivity contribution in [1.82, 2.24) is 0 Å². The Bertz CT molecular complexity index is 2790. The van der Waals surface area contributed by atoms with Gasteiger partial charge in [0.05, 0.1) is 5.69 Å². The molecule has 0 spiro atoms. The van der Waals surface area contributed by atoms with E-state index in [-0.39, 0.29) is 10.8 Å². The standard InChI is InChI=1S/C54H41NO/c1-53(2)46-22-12-10-19-40(46)42-29-26-36(32-48(42)53)55(37-27-30-43-41-20-11-13-23-47(41)54(3,4)49(43)33-37)50-24-14-21-45-39-18-9-8-17-38(39)44-28-25-35(31-51(44)56-52(45)50)34-15-6-5-7-16-34/h5-33H,1-4H3. The Kier molecular flexibility index (Phi) is 6.98. The second kappa shape index (κ2) is 11.9. The average molecular weight is 720 g/mol. The van der Waals surface area contributed by atoms with Gasteiger partial charge in [-0.3, -0.25) is 0 Å². The molecule has 8 aromatic carbocycles. The molecule has 0 fully saturated rings. The van der Waals surface area contributed by atoms with Crippen LogP contribution < -0.4 is 9.64 Å². The van der Waals surface area contributed by atoms with E-state index in [0.29, 0.717) is 0 Å². The maximum Gasteiger partial charge on any atom is 0.159 e. The van der Waals surface area contributed by atoms with Gasteiger partial charge >= 0.3 is 0 Å². The SMILES string of the molecule is CC1(C)c2ccccc2-c2ccc(N(c3ccc4c(c3)C(C)(C)c3ccccc3-4)c3cccc4c3Oc3cc(-c5ccccc5)ccc3-c3ccccc3-4)cc21. The summed E-state index contributed by atoms with van der Waals surface area (Å²) in [4.78, 5) is 2.44. The largest absolute Gasteiger partial charge is 0.454 e. The van der Waals surface area contributed by atoms with Crippen LogP contribution in [0, 0.1) is 0 Å². The molecule has 3 aliphatic rings. The molecule has 0 saturated heterocycles. The van der Waals surface area contributed by atoms with Crippen LogP contribution in [0.2, 0.25) is 0 Å². The molecule has 56 heavy (non-hydrogen) atoms. The highest BCUT2D eigenvalue weighted by Crippen LogP contribution is 2.56. The fourth-order valence-corrected chi connectivity index (χ4v) is 9.81. The number of hydrogen-bond donors (Lipinski definition) is 0. The van der Waals surface area contributed by atoms with Gasteiger partial charge in [-0.1, -0.05) is 161 Å². The lowest BCUT2D eigenvalue weighted by Gasteiger charge is -2.31. The van der Waals surface area contributed by atoms with Crippen molar-refractivity contribution < 1.29 is 4.74 Å². The van der Waals surface area contributed by atoms with Gasteiger partial charge in [0.15, 0.2) is 5.75 Å². The molecule has 0 atom stereocenters. The molecule has 0 radical (unpaired) electrons. The van der Waals surface area contributed by atoms with Crippen molar-refractivity contribution in [2.75, 3.05) is 4.90 Å². The Balaban J connectivity index is 1.16. The zero-order chi connectivity index (χ0) is 37.8. The molecule has 2 aliphatic carbocycles. The summed E-state index contributed by atoms with van der Waals surface area (Å²) in [7, 11) is 0. The zero-order valence-corrected chi connectivity index (χ0v) is 32.1. The van der Waals surface area contributed by atoms with Crippen LogP contribution in [0.1, 0.15) is 49.9 Å². The molecule has 0 bridgehead atoms. The lowest BCUT2D eigenvalue weighted by Crippen LogP contribution is -2.18. The van der Waals surface area contributed by atoms with Crippen molar-refractivity contribution >= 4 is 17.1 Å². The van der Waals surface area contributed by atoms with Crippen molar-refractivity contribution in [1.29, 1.82) is 0 Å². The van der Waals surface area contributed by atoms with E-state index in [1.54, 1.807) is 0 Å². The minimum atomic E-state index is -0.148. The molecule has 0 saturated carbocycles. The molecule has 1 heterocycles. The smallest absolute Gasteiger partial charge is 0.159 e. The second-order valence-electron chi connectivity index (χ2n) is 16.5. The quantitative estimate of drug-likeness (QED) is 0.180. The van der Waals surface area contributed by atoms with Crippen LogP contribution in [-0.4, -0.2) is 0 Å². The van der Waals surface area contributed by atoms with Gasteiger partial charge in [-0.25, -0.2) is 0 Å². The maximum absolute atomic E-state index is 7.33. The summed E-state index contributed by atoms with van der Waals surface area (Å²) >= 11 is 0. The van der Waals surface area contributed by atoms with Crippen LogP contribution in [0.15, 0.2) is 176 Å². The maximum atomic E-state index is 7.33. The molecule has 0 aromatic heterocycles. The van der Waals surface area contributed by atoms with Crippen molar-refractivity contribution in [3.05, 3.63) is 198 Å². The van der Waals surface area contributed by atoms with E-state index in [2.05, 4.69) is 209 Å². The van der Waals surface area contributed by atoms with Crippen LogP contribution in [-0.2, 0) is 10.8 Å². The average Bonchev–Trinajstić information content (AvgIpc) is 3.53. The molecular formula is C54H41NO. The fraction of sp³-hybridized carbons (Fsp3) is 0.111.